The smallest absolute Gasteiger partial charge is 0.167 e. The lowest BCUT2D eigenvalue weighted by molar-refractivity contribution is 0.670. The van der Waals surface area contributed by atoms with Crippen molar-refractivity contribution in [3.63, 3.8) is 0 Å². The third-order valence-corrected chi connectivity index (χ3v) is 10.5. The first-order valence-electron chi connectivity index (χ1n) is 17.9. The molecule has 53 heavy (non-hydrogen) atoms. The predicted octanol–water partition coefficient (Wildman–Crippen LogP) is 13.1. The van der Waals surface area contributed by atoms with Crippen molar-refractivity contribution >= 4 is 65.0 Å². The molecule has 0 unspecified atom stereocenters. The predicted molar refractivity (Wildman–Crippen MR) is 219 cm³/mol. The van der Waals surface area contributed by atoms with Crippen molar-refractivity contribution in [2.75, 3.05) is 0 Å². The van der Waals surface area contributed by atoms with Gasteiger partial charge in [-0.3, -0.25) is 0 Å². The molecule has 0 aliphatic carbocycles. The molecule has 2 aromatic heterocycles. The highest BCUT2D eigenvalue weighted by atomic mass is 16.3. The number of aromatic nitrogens is 3. The average Bonchev–Trinajstić information content (AvgIpc) is 3.60. The third kappa shape index (κ3) is 4.80. The van der Waals surface area contributed by atoms with Crippen LogP contribution >= 0.6 is 0 Å². The molecule has 0 saturated heterocycles. The molecule has 4 nitrogen and oxygen atoms in total. The summed E-state index contributed by atoms with van der Waals surface area (Å²) in [6.45, 7) is 0. The van der Waals surface area contributed by atoms with Crippen molar-refractivity contribution in [2.45, 2.75) is 0 Å². The van der Waals surface area contributed by atoms with E-state index in [4.69, 9.17) is 19.4 Å². The van der Waals surface area contributed by atoms with Crippen molar-refractivity contribution in [2.24, 2.45) is 0 Å². The molecule has 11 rings (SSSR count). The van der Waals surface area contributed by atoms with Crippen LogP contribution in [0.5, 0.6) is 0 Å². The second kappa shape index (κ2) is 11.7. The quantitative estimate of drug-likeness (QED) is 0.174. The Balaban J connectivity index is 1.15. The van der Waals surface area contributed by atoms with E-state index < -0.39 is 0 Å². The molecule has 4 heteroatoms. The summed E-state index contributed by atoms with van der Waals surface area (Å²) in [7, 11) is 0. The van der Waals surface area contributed by atoms with Gasteiger partial charge in [-0.2, -0.15) is 0 Å². The maximum Gasteiger partial charge on any atom is 0.167 e. The van der Waals surface area contributed by atoms with Crippen LogP contribution in [0.2, 0.25) is 0 Å². The first-order valence-corrected chi connectivity index (χ1v) is 17.9. The lowest BCUT2D eigenvalue weighted by atomic mass is 9.96. The zero-order chi connectivity index (χ0) is 34.9. The zero-order valence-corrected chi connectivity index (χ0v) is 28.5. The minimum absolute atomic E-state index is 0.562. The van der Waals surface area contributed by atoms with Crippen LogP contribution in [0, 0.1) is 0 Å². The van der Waals surface area contributed by atoms with Crippen molar-refractivity contribution in [1.29, 1.82) is 0 Å². The van der Waals surface area contributed by atoms with Crippen molar-refractivity contribution < 1.29 is 4.42 Å². The highest BCUT2D eigenvalue weighted by Crippen LogP contribution is 2.43. The van der Waals surface area contributed by atoms with Gasteiger partial charge in [0, 0.05) is 21.9 Å². The first-order chi connectivity index (χ1) is 26.2. The summed E-state index contributed by atoms with van der Waals surface area (Å²) in [6, 6.07) is 61.6. The second-order valence-electron chi connectivity index (χ2n) is 13.6. The molecule has 0 aliphatic rings. The van der Waals surface area contributed by atoms with Gasteiger partial charge in [0.05, 0.1) is 5.56 Å². The fourth-order valence-electron chi connectivity index (χ4n) is 7.91. The van der Waals surface area contributed by atoms with Crippen LogP contribution in [-0.4, -0.2) is 15.0 Å². The van der Waals surface area contributed by atoms with Crippen molar-refractivity contribution in [3.05, 3.63) is 176 Å². The molecule has 0 fully saturated rings. The van der Waals surface area contributed by atoms with Crippen LogP contribution in [0.4, 0.5) is 0 Å². The summed E-state index contributed by atoms with van der Waals surface area (Å²) < 4.78 is 6.83. The fraction of sp³-hybridized carbons (Fsp3) is 0. The van der Waals surface area contributed by atoms with Crippen LogP contribution in [0.1, 0.15) is 0 Å². The molecule has 0 atom stereocenters. The van der Waals surface area contributed by atoms with Gasteiger partial charge in [0.1, 0.15) is 11.2 Å². The van der Waals surface area contributed by atoms with E-state index in [1.807, 2.05) is 36.4 Å². The third-order valence-electron chi connectivity index (χ3n) is 10.5. The van der Waals surface area contributed by atoms with Crippen LogP contribution < -0.4 is 0 Å². The number of hydrogen-bond donors (Lipinski definition) is 0. The van der Waals surface area contributed by atoms with Crippen molar-refractivity contribution in [1.82, 2.24) is 15.0 Å². The molecule has 0 saturated carbocycles. The van der Waals surface area contributed by atoms with E-state index in [-0.39, 0.29) is 0 Å². The van der Waals surface area contributed by atoms with Crippen LogP contribution in [0.3, 0.4) is 0 Å². The van der Waals surface area contributed by atoms with Gasteiger partial charge in [0.15, 0.2) is 17.5 Å². The Kier molecular flexibility index (Phi) is 6.52. The van der Waals surface area contributed by atoms with E-state index in [1.165, 1.54) is 26.9 Å². The molecule has 0 N–H and O–H groups in total. The molecule has 0 aliphatic heterocycles. The Hall–Kier alpha value is -7.17. The van der Waals surface area contributed by atoms with Gasteiger partial charge in [-0.1, -0.05) is 152 Å². The lowest BCUT2D eigenvalue weighted by Gasteiger charge is -2.12. The Morgan fingerprint density at radius 3 is 1.66 bits per heavy atom. The molecule has 9 aromatic carbocycles. The van der Waals surface area contributed by atoms with Gasteiger partial charge in [0.2, 0.25) is 0 Å². The number of nitrogens with zero attached hydrogens (tertiary/aromatic N) is 3. The summed E-state index contributed by atoms with van der Waals surface area (Å²) in [5.41, 5.74) is 6.47. The fourth-order valence-corrected chi connectivity index (χ4v) is 7.91. The minimum Gasteiger partial charge on any atom is -0.455 e. The molecular weight excluding hydrogens is 647 g/mol. The summed E-state index contributed by atoms with van der Waals surface area (Å²) in [5, 5.41) is 11.7. The van der Waals surface area contributed by atoms with Gasteiger partial charge in [-0.05, 0) is 78.5 Å². The van der Waals surface area contributed by atoms with Crippen molar-refractivity contribution in [3.8, 4) is 45.3 Å². The van der Waals surface area contributed by atoms with Crippen LogP contribution in [-0.2, 0) is 0 Å². The van der Waals surface area contributed by atoms with Gasteiger partial charge >= 0.3 is 0 Å². The summed E-state index contributed by atoms with van der Waals surface area (Å²) in [4.78, 5) is 15.4. The summed E-state index contributed by atoms with van der Waals surface area (Å²) in [6.07, 6.45) is 0. The van der Waals surface area contributed by atoms with Crippen LogP contribution in [0.15, 0.2) is 180 Å². The Bertz CT molecular complexity index is 3220. The number of furan rings is 1. The van der Waals surface area contributed by atoms with E-state index in [1.54, 1.807) is 0 Å². The molecule has 0 bridgehead atoms. The molecule has 0 spiro atoms. The molecule has 0 radical (unpaired) electrons. The average molecular weight is 676 g/mol. The standard InChI is InChI=1S/C49H29N3O/c1-3-11-30(12-4-1)39-25-26-42(46-45(39)43-28-33-16-7-8-17-34(33)29-44(43)53-46)49-51-47(32-14-5-2-6-15-32)50-48(52-49)36-21-22-38-35(27-36)20-24-40-37-18-10-9-13-31(37)19-23-41(38)40/h1-29H. The SMILES string of the molecule is c1ccc(-c2nc(-c3ccc4c(ccc5c6ccccc6ccc45)c3)nc(-c3ccc(-c4ccccc4)c4c3oc3cc5ccccc5cc34)n2)cc1. The van der Waals surface area contributed by atoms with E-state index >= 15 is 0 Å². The van der Waals surface area contributed by atoms with Gasteiger partial charge in [-0.15, -0.1) is 0 Å². The van der Waals surface area contributed by atoms with E-state index in [2.05, 4.69) is 140 Å². The molecule has 0 amide bonds. The lowest BCUT2D eigenvalue weighted by Crippen LogP contribution is -2.00. The zero-order valence-electron chi connectivity index (χ0n) is 28.5. The first kappa shape index (κ1) is 29.5. The maximum atomic E-state index is 6.83. The minimum atomic E-state index is 0.562. The number of hydrogen-bond acceptors (Lipinski definition) is 4. The highest BCUT2D eigenvalue weighted by molar-refractivity contribution is 6.19. The van der Waals surface area contributed by atoms with E-state index in [9.17, 15) is 0 Å². The molecule has 246 valence electrons. The summed E-state index contributed by atoms with van der Waals surface area (Å²) >= 11 is 0. The Labute approximate surface area is 304 Å². The van der Waals surface area contributed by atoms with E-state index in [0.29, 0.717) is 17.5 Å². The highest BCUT2D eigenvalue weighted by Gasteiger charge is 2.21. The second-order valence-corrected chi connectivity index (χ2v) is 13.6. The number of benzene rings is 9. The monoisotopic (exact) mass is 675 g/mol. The van der Waals surface area contributed by atoms with Gasteiger partial charge in [0.25, 0.3) is 0 Å². The molecule has 2 heterocycles. The topological polar surface area (TPSA) is 51.8 Å². The van der Waals surface area contributed by atoms with Crippen LogP contribution in [0.25, 0.3) is 110 Å². The Morgan fingerprint density at radius 1 is 0.321 bits per heavy atom. The normalized spacial score (nSPS) is 11.8. The molecular formula is C49H29N3O. The number of rotatable bonds is 4. The van der Waals surface area contributed by atoms with Gasteiger partial charge in [-0.25, -0.2) is 15.0 Å². The summed E-state index contributed by atoms with van der Waals surface area (Å²) in [5.74, 6) is 1.78. The largest absolute Gasteiger partial charge is 0.455 e. The van der Waals surface area contributed by atoms with Gasteiger partial charge < -0.3 is 4.42 Å². The number of fused-ring (bicyclic) bond motifs is 9. The molecule has 11 aromatic rings. The Morgan fingerprint density at radius 2 is 0.887 bits per heavy atom. The van der Waals surface area contributed by atoms with E-state index in [0.717, 1.165) is 65.9 Å². The maximum absolute atomic E-state index is 6.83.